The van der Waals surface area contributed by atoms with Gasteiger partial charge in [0.1, 0.15) is 11.5 Å². The Morgan fingerprint density at radius 3 is 2.43 bits per heavy atom. The number of aromatic nitrogens is 2. The van der Waals surface area contributed by atoms with Crippen LogP contribution >= 0.6 is 11.6 Å². The van der Waals surface area contributed by atoms with E-state index in [1.807, 2.05) is 18.2 Å². The first-order valence-corrected chi connectivity index (χ1v) is 7.02. The van der Waals surface area contributed by atoms with E-state index in [-0.39, 0.29) is 5.15 Å². The molecule has 1 fully saturated rings. The second-order valence-corrected chi connectivity index (χ2v) is 5.15. The quantitative estimate of drug-likeness (QED) is 0.840. The van der Waals surface area contributed by atoms with Gasteiger partial charge in [0.25, 0.3) is 0 Å². The third kappa shape index (κ3) is 2.88. The summed E-state index contributed by atoms with van der Waals surface area (Å²) in [6, 6.07) is 7.35. The molecule has 5 nitrogen and oxygen atoms in total. The average Bonchev–Trinajstić information content (AvgIpc) is 3.33. The molecule has 0 unspecified atom stereocenters. The minimum absolute atomic E-state index is 0.206. The molecule has 0 aliphatic heterocycles. The zero-order valence-corrected chi connectivity index (χ0v) is 12.6. The van der Waals surface area contributed by atoms with Gasteiger partial charge in [0.05, 0.1) is 14.2 Å². The largest absolute Gasteiger partial charge is 0.496 e. The van der Waals surface area contributed by atoms with Crippen LogP contribution < -0.4 is 14.2 Å². The van der Waals surface area contributed by atoms with Crippen LogP contribution in [0.5, 0.6) is 23.1 Å². The molecular weight excluding hydrogens is 292 g/mol. The summed E-state index contributed by atoms with van der Waals surface area (Å²) in [6.45, 7) is 0. The molecule has 0 spiro atoms. The van der Waals surface area contributed by atoms with E-state index in [9.17, 15) is 0 Å². The van der Waals surface area contributed by atoms with Gasteiger partial charge >= 0.3 is 0 Å². The van der Waals surface area contributed by atoms with Crippen molar-refractivity contribution in [3.8, 4) is 23.1 Å². The van der Waals surface area contributed by atoms with Gasteiger partial charge < -0.3 is 14.2 Å². The molecule has 1 aromatic carbocycles. The molecule has 3 rings (SSSR count). The third-order valence-electron chi connectivity index (χ3n) is 3.36. The van der Waals surface area contributed by atoms with Gasteiger partial charge in [-0.05, 0) is 30.9 Å². The van der Waals surface area contributed by atoms with Gasteiger partial charge in [-0.1, -0.05) is 17.7 Å². The predicted molar refractivity (Wildman–Crippen MR) is 78.6 cm³/mol. The number of rotatable bonds is 5. The molecule has 0 atom stereocenters. The van der Waals surface area contributed by atoms with E-state index < -0.39 is 0 Å². The van der Waals surface area contributed by atoms with Crippen molar-refractivity contribution in [2.75, 3.05) is 14.2 Å². The van der Waals surface area contributed by atoms with Crippen molar-refractivity contribution in [2.45, 2.75) is 18.8 Å². The lowest BCUT2D eigenvalue weighted by atomic mass is 10.1. The number of ether oxygens (including phenoxy) is 3. The summed E-state index contributed by atoms with van der Waals surface area (Å²) >= 11 is 5.86. The topological polar surface area (TPSA) is 53.5 Å². The fourth-order valence-electron chi connectivity index (χ4n) is 2.21. The molecule has 1 heterocycles. The monoisotopic (exact) mass is 306 g/mol. The Labute approximate surface area is 127 Å². The van der Waals surface area contributed by atoms with Crippen LogP contribution in [0.15, 0.2) is 24.3 Å². The first kappa shape index (κ1) is 13.9. The van der Waals surface area contributed by atoms with Gasteiger partial charge in [-0.15, -0.1) is 10.2 Å². The Bertz CT molecular complexity index is 659. The molecule has 0 amide bonds. The second-order valence-electron chi connectivity index (χ2n) is 4.79. The van der Waals surface area contributed by atoms with Crippen LogP contribution in [0.25, 0.3) is 0 Å². The molecule has 0 N–H and O–H groups in total. The minimum atomic E-state index is 0.206. The summed E-state index contributed by atoms with van der Waals surface area (Å²) in [4.78, 5) is 0. The molecule has 21 heavy (non-hydrogen) atoms. The van der Waals surface area contributed by atoms with Crippen LogP contribution in [0.3, 0.4) is 0 Å². The molecule has 1 aliphatic rings. The highest BCUT2D eigenvalue weighted by Crippen LogP contribution is 2.49. The Morgan fingerprint density at radius 1 is 1.05 bits per heavy atom. The Morgan fingerprint density at radius 2 is 1.76 bits per heavy atom. The summed E-state index contributed by atoms with van der Waals surface area (Å²) in [6.07, 6.45) is 2.29. The third-order valence-corrected chi connectivity index (χ3v) is 3.62. The van der Waals surface area contributed by atoms with E-state index >= 15 is 0 Å². The van der Waals surface area contributed by atoms with E-state index in [1.165, 1.54) is 7.11 Å². The molecule has 1 aromatic heterocycles. The van der Waals surface area contributed by atoms with Crippen LogP contribution in [0, 0.1) is 0 Å². The van der Waals surface area contributed by atoms with Crippen LogP contribution in [0.4, 0.5) is 0 Å². The number of methoxy groups -OCH3 is 2. The summed E-state index contributed by atoms with van der Waals surface area (Å²) in [5.41, 5.74) is 1.08. The van der Waals surface area contributed by atoms with Crippen LogP contribution in [-0.4, -0.2) is 24.4 Å². The lowest BCUT2D eigenvalue weighted by molar-refractivity contribution is 0.390. The predicted octanol–water partition coefficient (Wildman–Crippen LogP) is 3.82. The summed E-state index contributed by atoms with van der Waals surface area (Å²) in [5.74, 6) is 2.82. The van der Waals surface area contributed by atoms with E-state index in [1.54, 1.807) is 13.2 Å². The minimum Gasteiger partial charge on any atom is -0.496 e. The normalized spacial score (nSPS) is 13.9. The molecule has 0 saturated heterocycles. The van der Waals surface area contributed by atoms with Crippen molar-refractivity contribution >= 4 is 11.6 Å². The molecule has 6 heteroatoms. The lowest BCUT2D eigenvalue weighted by Gasteiger charge is -2.13. The van der Waals surface area contributed by atoms with Crippen molar-refractivity contribution in [3.05, 3.63) is 35.0 Å². The second kappa shape index (κ2) is 5.77. The van der Waals surface area contributed by atoms with Crippen molar-refractivity contribution in [1.82, 2.24) is 10.2 Å². The van der Waals surface area contributed by atoms with Gasteiger partial charge in [-0.25, -0.2) is 0 Å². The van der Waals surface area contributed by atoms with E-state index in [2.05, 4.69) is 10.2 Å². The van der Waals surface area contributed by atoms with E-state index in [0.717, 1.165) is 29.9 Å². The molecule has 1 saturated carbocycles. The highest BCUT2D eigenvalue weighted by atomic mass is 35.5. The Hall–Kier alpha value is -2.01. The van der Waals surface area contributed by atoms with Crippen LogP contribution in [0.1, 0.15) is 24.3 Å². The van der Waals surface area contributed by atoms with Gasteiger partial charge in [0, 0.05) is 11.6 Å². The number of hydrogen-bond donors (Lipinski definition) is 0. The maximum absolute atomic E-state index is 5.86. The molecule has 110 valence electrons. The lowest BCUT2D eigenvalue weighted by Crippen LogP contribution is -1.98. The van der Waals surface area contributed by atoms with Gasteiger partial charge in [0.2, 0.25) is 5.88 Å². The van der Waals surface area contributed by atoms with Gasteiger partial charge in [-0.3, -0.25) is 0 Å². The highest BCUT2D eigenvalue weighted by Gasteiger charge is 2.30. The van der Waals surface area contributed by atoms with Crippen LogP contribution in [0.2, 0.25) is 5.15 Å². The van der Waals surface area contributed by atoms with E-state index in [4.69, 9.17) is 25.8 Å². The number of nitrogens with zero attached hydrogens (tertiary/aromatic N) is 2. The Balaban J connectivity index is 1.94. The fourth-order valence-corrected chi connectivity index (χ4v) is 2.38. The number of halogens is 1. The maximum Gasteiger partial charge on any atom is 0.242 e. The summed E-state index contributed by atoms with van der Waals surface area (Å²) in [5, 5.41) is 7.95. The Kier molecular flexibility index (Phi) is 3.84. The van der Waals surface area contributed by atoms with Crippen molar-refractivity contribution in [1.29, 1.82) is 0 Å². The maximum atomic E-state index is 5.86. The fraction of sp³-hybridized carbons (Fsp3) is 0.333. The average molecular weight is 307 g/mol. The number of hydrogen-bond acceptors (Lipinski definition) is 5. The molecule has 0 bridgehead atoms. The molecule has 2 aromatic rings. The number of benzene rings is 1. The van der Waals surface area contributed by atoms with Gasteiger partial charge in [0.15, 0.2) is 10.9 Å². The van der Waals surface area contributed by atoms with Crippen molar-refractivity contribution in [3.63, 3.8) is 0 Å². The van der Waals surface area contributed by atoms with Crippen molar-refractivity contribution in [2.24, 2.45) is 0 Å². The first-order valence-electron chi connectivity index (χ1n) is 6.65. The van der Waals surface area contributed by atoms with Crippen LogP contribution in [-0.2, 0) is 0 Å². The van der Waals surface area contributed by atoms with Gasteiger partial charge in [-0.2, -0.15) is 0 Å². The SMILES string of the molecule is COc1cc(Oc2cccc(OC)c2C2CC2)nnc1Cl. The molecular formula is C15H15ClN2O3. The van der Waals surface area contributed by atoms with E-state index in [0.29, 0.717) is 17.5 Å². The highest BCUT2D eigenvalue weighted by molar-refractivity contribution is 6.30. The molecule has 1 aliphatic carbocycles. The zero-order valence-electron chi connectivity index (χ0n) is 11.8. The summed E-state index contributed by atoms with van der Waals surface area (Å²) in [7, 11) is 3.18. The summed E-state index contributed by atoms with van der Waals surface area (Å²) < 4.78 is 16.4. The first-order chi connectivity index (χ1) is 10.2. The van der Waals surface area contributed by atoms with Crippen molar-refractivity contribution < 1.29 is 14.2 Å². The smallest absolute Gasteiger partial charge is 0.242 e. The molecule has 0 radical (unpaired) electrons. The zero-order chi connectivity index (χ0) is 14.8. The standard InChI is InChI=1S/C15H15ClN2O3/c1-19-10-4-3-5-11(14(10)9-6-7-9)21-13-8-12(20-2)15(16)18-17-13/h3-5,8-9H,6-7H2,1-2H3.